The Morgan fingerprint density at radius 1 is 1.12 bits per heavy atom. The van der Waals surface area contributed by atoms with Gasteiger partial charge in [-0.1, -0.05) is 17.7 Å². The van der Waals surface area contributed by atoms with Crippen molar-refractivity contribution in [3.05, 3.63) is 29.3 Å². The van der Waals surface area contributed by atoms with Crippen molar-refractivity contribution in [3.8, 4) is 5.75 Å². The lowest BCUT2D eigenvalue weighted by molar-refractivity contribution is -0.141. The van der Waals surface area contributed by atoms with Gasteiger partial charge in [0.25, 0.3) is 0 Å². The molecule has 2 aliphatic rings. The van der Waals surface area contributed by atoms with Crippen LogP contribution in [-0.4, -0.2) is 101 Å². The van der Waals surface area contributed by atoms with Gasteiger partial charge < -0.3 is 19.4 Å². The van der Waals surface area contributed by atoms with E-state index in [-0.39, 0.29) is 31.4 Å². The summed E-state index contributed by atoms with van der Waals surface area (Å²) in [5.74, 6) is 0.358. The molecule has 2 amide bonds. The summed E-state index contributed by atoms with van der Waals surface area (Å²) < 4.78 is 31.1. The molecule has 0 aromatic heterocycles. The van der Waals surface area contributed by atoms with Crippen LogP contribution in [0.4, 0.5) is 0 Å². The molecule has 3 rings (SSSR count). The Labute approximate surface area is 201 Å². The van der Waals surface area contributed by atoms with Gasteiger partial charge in [0.05, 0.1) is 19.4 Å². The van der Waals surface area contributed by atoms with E-state index < -0.39 is 15.4 Å². The highest BCUT2D eigenvalue weighted by Crippen LogP contribution is 2.35. The highest BCUT2D eigenvalue weighted by atomic mass is 35.5. The summed E-state index contributed by atoms with van der Waals surface area (Å²) in [6.07, 6.45) is 2.73. The molecule has 9 nitrogen and oxygen atoms in total. The lowest BCUT2D eigenvalue weighted by Crippen LogP contribution is -2.54. The molecule has 0 aliphatic carbocycles. The van der Waals surface area contributed by atoms with Gasteiger partial charge in [0.15, 0.2) is 0 Å². The maximum Gasteiger partial charge on any atom is 0.237 e. The molecule has 2 saturated heterocycles. The van der Waals surface area contributed by atoms with Gasteiger partial charge in [-0.25, -0.2) is 13.1 Å². The summed E-state index contributed by atoms with van der Waals surface area (Å²) >= 11 is 6.08. The quantitative estimate of drug-likeness (QED) is 0.572. The Morgan fingerprint density at radius 3 is 2.52 bits per heavy atom. The number of hydrogen-bond acceptors (Lipinski definition) is 6. The summed E-state index contributed by atoms with van der Waals surface area (Å²) in [6, 6.07) is 7.09. The molecule has 1 aromatic carbocycles. The van der Waals surface area contributed by atoms with E-state index in [1.807, 2.05) is 18.0 Å². The number of ether oxygens (including phenoxy) is 1. The normalized spacial score (nSPS) is 22.3. The minimum atomic E-state index is -3.47. The average Bonchev–Trinajstić information content (AvgIpc) is 2.76. The Morgan fingerprint density at radius 2 is 1.85 bits per heavy atom. The first kappa shape index (κ1) is 25.7. The highest BCUT2D eigenvalue weighted by Gasteiger charge is 2.41. The highest BCUT2D eigenvalue weighted by molar-refractivity contribution is 7.88. The molecule has 0 bridgehead atoms. The molecule has 0 spiro atoms. The fraction of sp³-hybridized carbons (Fsp3) is 0.636. The van der Waals surface area contributed by atoms with Crippen LogP contribution >= 0.6 is 11.6 Å². The van der Waals surface area contributed by atoms with E-state index in [0.29, 0.717) is 43.4 Å². The first-order chi connectivity index (χ1) is 15.6. The molecule has 1 atom stereocenters. The minimum absolute atomic E-state index is 0.0568. The number of halogens is 1. The van der Waals surface area contributed by atoms with E-state index >= 15 is 0 Å². The molecule has 1 aromatic rings. The van der Waals surface area contributed by atoms with Gasteiger partial charge in [-0.15, -0.1) is 0 Å². The fourth-order valence-electron chi connectivity index (χ4n) is 4.32. The van der Waals surface area contributed by atoms with Crippen LogP contribution in [0.5, 0.6) is 5.75 Å². The molecule has 184 valence electrons. The first-order valence-electron chi connectivity index (χ1n) is 11.1. The van der Waals surface area contributed by atoms with Crippen molar-refractivity contribution >= 4 is 33.4 Å². The number of piperidine rings is 1. The van der Waals surface area contributed by atoms with Gasteiger partial charge in [-0.3, -0.25) is 9.59 Å². The number of sulfonamides is 1. The van der Waals surface area contributed by atoms with Gasteiger partial charge in [0, 0.05) is 56.1 Å². The summed E-state index contributed by atoms with van der Waals surface area (Å²) in [5, 5.41) is 0.558. The molecule has 2 aliphatic heterocycles. The molecular formula is C22H33ClN4O5S. The number of rotatable bonds is 8. The smallest absolute Gasteiger partial charge is 0.237 e. The predicted octanol–water partition coefficient (Wildman–Crippen LogP) is 1.04. The van der Waals surface area contributed by atoms with Gasteiger partial charge >= 0.3 is 0 Å². The van der Waals surface area contributed by atoms with E-state index in [1.165, 1.54) is 0 Å². The molecule has 1 unspecified atom stereocenters. The van der Waals surface area contributed by atoms with E-state index in [0.717, 1.165) is 25.8 Å². The molecule has 0 saturated carbocycles. The molecular weight excluding hydrogens is 468 g/mol. The molecule has 2 heterocycles. The molecule has 1 N–H and O–H groups in total. The largest absolute Gasteiger partial charge is 0.493 e. The monoisotopic (exact) mass is 500 g/mol. The van der Waals surface area contributed by atoms with Crippen LogP contribution in [0, 0.1) is 5.41 Å². The van der Waals surface area contributed by atoms with Crippen LogP contribution in [0.2, 0.25) is 5.02 Å². The van der Waals surface area contributed by atoms with Crippen molar-refractivity contribution < 1.29 is 22.7 Å². The van der Waals surface area contributed by atoms with Crippen LogP contribution in [0.1, 0.15) is 19.3 Å². The van der Waals surface area contributed by atoms with E-state index in [4.69, 9.17) is 16.3 Å². The second-order valence-electron chi connectivity index (χ2n) is 9.12. The van der Waals surface area contributed by atoms with Crippen molar-refractivity contribution in [2.45, 2.75) is 19.3 Å². The number of nitrogens with zero attached hydrogens (tertiary/aromatic N) is 3. The summed E-state index contributed by atoms with van der Waals surface area (Å²) in [7, 11) is -1.44. The van der Waals surface area contributed by atoms with E-state index in [1.54, 1.807) is 23.1 Å². The molecule has 11 heteroatoms. The Bertz CT molecular complexity index is 952. The van der Waals surface area contributed by atoms with Crippen molar-refractivity contribution in [1.82, 2.24) is 19.4 Å². The lowest BCUT2D eigenvalue weighted by atomic mass is 9.77. The van der Waals surface area contributed by atoms with Crippen molar-refractivity contribution in [2.24, 2.45) is 5.41 Å². The number of carbonyl (C=O) groups is 2. The van der Waals surface area contributed by atoms with Crippen LogP contribution in [0.15, 0.2) is 24.3 Å². The zero-order valence-electron chi connectivity index (χ0n) is 19.3. The molecule has 0 radical (unpaired) electrons. The maximum atomic E-state index is 13.2. The van der Waals surface area contributed by atoms with Gasteiger partial charge in [-0.2, -0.15) is 0 Å². The van der Waals surface area contributed by atoms with Crippen molar-refractivity contribution in [2.75, 3.05) is 65.7 Å². The van der Waals surface area contributed by atoms with Gasteiger partial charge in [-0.05, 0) is 38.1 Å². The standard InChI is InChI=1S/C22H33ClN4O5S/c1-25-9-11-26(12-10-25)20(28)14-22(17-32-19-6-3-5-18(23)13-19)7-4-8-27(16-22)21(29)15-24-33(2,30)31/h3,5-6,13,24H,4,7-12,14-17H2,1-2H3. The third-order valence-corrected chi connectivity index (χ3v) is 7.13. The third kappa shape index (κ3) is 7.84. The summed E-state index contributed by atoms with van der Waals surface area (Å²) in [4.78, 5) is 31.6. The second-order valence-corrected chi connectivity index (χ2v) is 11.4. The van der Waals surface area contributed by atoms with Gasteiger partial charge in [0.2, 0.25) is 21.8 Å². The molecule has 2 fully saturated rings. The Hall–Kier alpha value is -1.88. The van der Waals surface area contributed by atoms with E-state index in [2.05, 4.69) is 9.62 Å². The van der Waals surface area contributed by atoms with Crippen LogP contribution in [-0.2, 0) is 19.6 Å². The van der Waals surface area contributed by atoms with Crippen molar-refractivity contribution in [1.29, 1.82) is 0 Å². The first-order valence-corrected chi connectivity index (χ1v) is 13.4. The summed E-state index contributed by atoms with van der Waals surface area (Å²) in [5.41, 5.74) is -0.568. The molecule has 33 heavy (non-hydrogen) atoms. The minimum Gasteiger partial charge on any atom is -0.493 e. The van der Waals surface area contributed by atoms with Gasteiger partial charge in [0.1, 0.15) is 5.75 Å². The number of likely N-dealkylation sites (N-methyl/N-ethyl adjacent to an activating group) is 1. The number of piperazine rings is 1. The van der Waals surface area contributed by atoms with Crippen LogP contribution in [0.3, 0.4) is 0 Å². The fourth-order valence-corrected chi connectivity index (χ4v) is 4.89. The predicted molar refractivity (Wildman–Crippen MR) is 127 cm³/mol. The maximum absolute atomic E-state index is 13.2. The SMILES string of the molecule is CN1CCN(C(=O)CC2(COc3cccc(Cl)c3)CCCN(C(=O)CNS(C)(=O)=O)C2)CC1. The number of hydrogen-bond donors (Lipinski definition) is 1. The zero-order valence-corrected chi connectivity index (χ0v) is 20.8. The number of likely N-dealkylation sites (tertiary alicyclic amines) is 1. The number of amides is 2. The number of carbonyl (C=O) groups excluding carboxylic acids is 2. The number of nitrogens with one attached hydrogen (secondary N) is 1. The third-order valence-electron chi connectivity index (χ3n) is 6.22. The van der Waals surface area contributed by atoms with Crippen LogP contribution in [0.25, 0.3) is 0 Å². The Kier molecular flexibility index (Phi) is 8.60. The summed E-state index contributed by atoms with van der Waals surface area (Å²) in [6.45, 7) is 3.85. The number of benzene rings is 1. The average molecular weight is 501 g/mol. The van der Waals surface area contributed by atoms with Crippen LogP contribution < -0.4 is 9.46 Å². The lowest BCUT2D eigenvalue weighted by Gasteiger charge is -2.43. The Balaban J connectivity index is 1.73. The second kappa shape index (κ2) is 11.0. The zero-order chi connectivity index (χ0) is 24.1. The van der Waals surface area contributed by atoms with Crippen molar-refractivity contribution in [3.63, 3.8) is 0 Å². The van der Waals surface area contributed by atoms with E-state index in [9.17, 15) is 18.0 Å². The topological polar surface area (TPSA) is 99.3 Å².